The van der Waals surface area contributed by atoms with Gasteiger partial charge in [-0.3, -0.25) is 4.79 Å². The Bertz CT molecular complexity index is 497. The molecule has 0 saturated heterocycles. The molecule has 1 aliphatic rings. The lowest BCUT2D eigenvalue weighted by Gasteiger charge is -2.32. The predicted molar refractivity (Wildman–Crippen MR) is 73.2 cm³/mol. The molecular formula is C13H21N5O. The van der Waals surface area contributed by atoms with Gasteiger partial charge >= 0.3 is 0 Å². The van der Waals surface area contributed by atoms with E-state index in [-0.39, 0.29) is 23.8 Å². The summed E-state index contributed by atoms with van der Waals surface area (Å²) in [5, 5.41) is 3.92. The molecule has 104 valence electrons. The van der Waals surface area contributed by atoms with Crippen LogP contribution < -0.4 is 5.73 Å². The van der Waals surface area contributed by atoms with E-state index in [1.165, 1.54) is 16.6 Å². The normalized spacial score (nSPS) is 16.4. The molecule has 0 saturated carbocycles. The predicted octanol–water partition coefficient (Wildman–Crippen LogP) is 1.07. The number of carbonyl (C=O) groups is 1. The first-order valence-electron chi connectivity index (χ1n) is 6.48. The molecule has 0 fully saturated rings. The average molecular weight is 263 g/mol. The highest BCUT2D eigenvalue weighted by molar-refractivity contribution is 5.76. The number of rotatable bonds is 2. The van der Waals surface area contributed by atoms with E-state index >= 15 is 0 Å². The molecule has 0 aromatic carbocycles. The second-order valence-electron chi connectivity index (χ2n) is 5.87. The highest BCUT2D eigenvalue weighted by Crippen LogP contribution is 2.30. The van der Waals surface area contributed by atoms with E-state index in [4.69, 9.17) is 5.73 Å². The number of carbonyl (C=O) groups excluding carboxylic acids is 1. The van der Waals surface area contributed by atoms with Crippen LogP contribution in [0.25, 0.3) is 0 Å². The third kappa shape index (κ3) is 3.33. The van der Waals surface area contributed by atoms with Crippen molar-refractivity contribution in [3.05, 3.63) is 18.0 Å². The lowest BCUT2D eigenvalue weighted by atomic mass is 9.83. The van der Waals surface area contributed by atoms with Crippen LogP contribution in [-0.4, -0.2) is 38.7 Å². The Labute approximate surface area is 113 Å². The SMILES string of the molecule is CC(C)(C)C1=CCN(C(=O)Cn2cnc(N)n2)CC1. The zero-order chi connectivity index (χ0) is 14.0. The maximum atomic E-state index is 12.1. The molecule has 0 atom stereocenters. The maximum absolute atomic E-state index is 12.1. The van der Waals surface area contributed by atoms with Gasteiger partial charge in [0.25, 0.3) is 0 Å². The van der Waals surface area contributed by atoms with Crippen LogP contribution in [0.3, 0.4) is 0 Å². The summed E-state index contributed by atoms with van der Waals surface area (Å²) in [6.45, 7) is 8.25. The molecule has 1 amide bonds. The number of hydrogen-bond acceptors (Lipinski definition) is 4. The number of aromatic nitrogens is 3. The van der Waals surface area contributed by atoms with Crippen molar-refractivity contribution in [1.82, 2.24) is 19.7 Å². The van der Waals surface area contributed by atoms with Crippen LogP contribution in [0.15, 0.2) is 18.0 Å². The minimum atomic E-state index is 0.0501. The van der Waals surface area contributed by atoms with Crippen molar-refractivity contribution in [2.24, 2.45) is 5.41 Å². The van der Waals surface area contributed by atoms with Gasteiger partial charge in [0.2, 0.25) is 11.9 Å². The van der Waals surface area contributed by atoms with Crippen LogP contribution in [-0.2, 0) is 11.3 Å². The van der Waals surface area contributed by atoms with Crippen molar-refractivity contribution in [3.63, 3.8) is 0 Å². The second-order valence-corrected chi connectivity index (χ2v) is 5.87. The zero-order valence-corrected chi connectivity index (χ0v) is 11.8. The minimum Gasteiger partial charge on any atom is -0.367 e. The van der Waals surface area contributed by atoms with Gasteiger partial charge in [-0.15, -0.1) is 5.10 Å². The topological polar surface area (TPSA) is 77.0 Å². The standard InChI is InChI=1S/C13H21N5O/c1-13(2,3)10-4-6-17(7-5-10)11(19)8-18-9-15-12(14)16-18/h4,9H,5-8H2,1-3H3,(H2,14,16). The third-order valence-corrected chi connectivity index (χ3v) is 3.38. The Kier molecular flexibility index (Phi) is 3.59. The van der Waals surface area contributed by atoms with Crippen LogP contribution in [0.1, 0.15) is 27.2 Å². The molecule has 2 rings (SSSR count). The zero-order valence-electron chi connectivity index (χ0n) is 11.8. The Balaban J connectivity index is 1.94. The molecule has 0 aliphatic carbocycles. The van der Waals surface area contributed by atoms with E-state index in [0.717, 1.165) is 13.0 Å². The molecule has 0 bridgehead atoms. The number of nitrogens with zero attached hydrogens (tertiary/aromatic N) is 4. The number of anilines is 1. The van der Waals surface area contributed by atoms with E-state index in [9.17, 15) is 4.79 Å². The van der Waals surface area contributed by atoms with Gasteiger partial charge in [0, 0.05) is 13.1 Å². The summed E-state index contributed by atoms with van der Waals surface area (Å²) < 4.78 is 1.47. The Hall–Kier alpha value is -1.85. The molecule has 19 heavy (non-hydrogen) atoms. The van der Waals surface area contributed by atoms with Crippen LogP contribution >= 0.6 is 0 Å². The lowest BCUT2D eigenvalue weighted by molar-refractivity contribution is -0.131. The van der Waals surface area contributed by atoms with Crippen molar-refractivity contribution in [3.8, 4) is 0 Å². The van der Waals surface area contributed by atoms with Crippen molar-refractivity contribution in [2.75, 3.05) is 18.8 Å². The second kappa shape index (κ2) is 5.03. The van der Waals surface area contributed by atoms with Crippen molar-refractivity contribution in [1.29, 1.82) is 0 Å². The molecule has 6 nitrogen and oxygen atoms in total. The number of nitrogens with two attached hydrogens (primary N) is 1. The Morgan fingerprint density at radius 2 is 2.21 bits per heavy atom. The Morgan fingerprint density at radius 3 is 2.68 bits per heavy atom. The molecule has 0 unspecified atom stereocenters. The fourth-order valence-corrected chi connectivity index (χ4v) is 2.20. The average Bonchev–Trinajstić information content (AvgIpc) is 2.74. The van der Waals surface area contributed by atoms with Crippen LogP contribution in [0.2, 0.25) is 0 Å². The van der Waals surface area contributed by atoms with Gasteiger partial charge in [0.05, 0.1) is 0 Å². The van der Waals surface area contributed by atoms with E-state index in [1.54, 1.807) is 0 Å². The van der Waals surface area contributed by atoms with Gasteiger partial charge in [-0.2, -0.15) is 0 Å². The quantitative estimate of drug-likeness (QED) is 0.810. The van der Waals surface area contributed by atoms with Gasteiger partial charge < -0.3 is 10.6 Å². The molecule has 1 aliphatic heterocycles. The van der Waals surface area contributed by atoms with Gasteiger partial charge in [-0.05, 0) is 11.8 Å². The fourth-order valence-electron chi connectivity index (χ4n) is 2.20. The summed E-state index contributed by atoms with van der Waals surface area (Å²) in [6, 6.07) is 0. The lowest BCUT2D eigenvalue weighted by Crippen LogP contribution is -2.38. The maximum Gasteiger partial charge on any atom is 0.244 e. The van der Waals surface area contributed by atoms with Gasteiger partial charge in [-0.25, -0.2) is 9.67 Å². The van der Waals surface area contributed by atoms with Crippen LogP contribution in [0, 0.1) is 5.41 Å². The van der Waals surface area contributed by atoms with Crippen LogP contribution in [0.4, 0.5) is 5.95 Å². The van der Waals surface area contributed by atoms with Crippen molar-refractivity contribution >= 4 is 11.9 Å². The number of nitrogen functional groups attached to an aromatic ring is 1. The molecule has 1 aromatic heterocycles. The summed E-state index contributed by atoms with van der Waals surface area (Å²) in [5.41, 5.74) is 7.03. The highest BCUT2D eigenvalue weighted by Gasteiger charge is 2.23. The molecule has 1 aromatic rings. The van der Waals surface area contributed by atoms with Crippen molar-refractivity contribution < 1.29 is 4.79 Å². The summed E-state index contributed by atoms with van der Waals surface area (Å²) in [4.78, 5) is 17.7. The summed E-state index contributed by atoms with van der Waals surface area (Å²) in [7, 11) is 0. The molecule has 0 spiro atoms. The summed E-state index contributed by atoms with van der Waals surface area (Å²) in [6.07, 6.45) is 4.58. The van der Waals surface area contributed by atoms with E-state index < -0.39 is 0 Å². The Morgan fingerprint density at radius 1 is 1.47 bits per heavy atom. The molecule has 6 heteroatoms. The number of hydrogen-bond donors (Lipinski definition) is 1. The van der Waals surface area contributed by atoms with Gasteiger partial charge in [0.1, 0.15) is 12.9 Å². The molecular weight excluding hydrogens is 242 g/mol. The smallest absolute Gasteiger partial charge is 0.244 e. The van der Waals surface area contributed by atoms with Crippen LogP contribution in [0.5, 0.6) is 0 Å². The summed E-state index contributed by atoms with van der Waals surface area (Å²) >= 11 is 0. The monoisotopic (exact) mass is 263 g/mol. The first-order valence-corrected chi connectivity index (χ1v) is 6.48. The molecule has 0 radical (unpaired) electrons. The van der Waals surface area contributed by atoms with Gasteiger partial charge in [-0.1, -0.05) is 32.4 Å². The molecule has 2 N–H and O–H groups in total. The first kappa shape index (κ1) is 13.6. The third-order valence-electron chi connectivity index (χ3n) is 3.38. The van der Waals surface area contributed by atoms with E-state index in [1.807, 2.05) is 4.90 Å². The minimum absolute atomic E-state index is 0.0501. The molecule has 2 heterocycles. The largest absolute Gasteiger partial charge is 0.367 e. The number of amides is 1. The van der Waals surface area contributed by atoms with E-state index in [2.05, 4.69) is 36.9 Å². The highest BCUT2D eigenvalue weighted by atomic mass is 16.2. The first-order chi connectivity index (χ1) is 8.86. The summed E-state index contributed by atoms with van der Waals surface area (Å²) in [5.74, 6) is 0.246. The van der Waals surface area contributed by atoms with E-state index in [0.29, 0.717) is 6.54 Å². The van der Waals surface area contributed by atoms with Gasteiger partial charge in [0.15, 0.2) is 0 Å². The fraction of sp³-hybridized carbons (Fsp3) is 0.615. The van der Waals surface area contributed by atoms with Crippen molar-refractivity contribution in [2.45, 2.75) is 33.7 Å².